The van der Waals surface area contributed by atoms with E-state index in [1.165, 1.54) is 24.3 Å². The number of likely N-dealkylation sites (tertiary alicyclic amines) is 1. The first-order valence-electron chi connectivity index (χ1n) is 10.8. The van der Waals surface area contributed by atoms with Gasteiger partial charge in [0.15, 0.2) is 0 Å². The Hall–Kier alpha value is -3.71. The topological polar surface area (TPSA) is 70.1 Å². The molecule has 3 atom stereocenters. The van der Waals surface area contributed by atoms with Crippen molar-refractivity contribution in [1.82, 2.24) is 4.90 Å². The molecule has 3 aromatic rings. The Morgan fingerprint density at radius 3 is 2.27 bits per heavy atom. The van der Waals surface area contributed by atoms with Crippen LogP contribution in [0.15, 0.2) is 72.8 Å². The van der Waals surface area contributed by atoms with Gasteiger partial charge in [-0.3, -0.25) is 9.59 Å². The van der Waals surface area contributed by atoms with Crippen LogP contribution < -0.4 is 9.64 Å². The lowest BCUT2D eigenvalue weighted by Gasteiger charge is -2.58. The molecule has 0 radical (unpaired) electrons. The average Bonchev–Trinajstić information content (AvgIpc) is 2.84. The first kappa shape index (κ1) is 21.2. The Bertz CT molecular complexity index is 1200. The van der Waals surface area contributed by atoms with Crippen LogP contribution >= 0.6 is 0 Å². The molecule has 2 aliphatic rings. The number of ether oxygens (including phenoxy) is 1. The highest BCUT2D eigenvalue weighted by molar-refractivity contribution is 6.07. The number of aliphatic hydroxyl groups is 1. The van der Waals surface area contributed by atoms with Crippen LogP contribution in [0.2, 0.25) is 0 Å². The molecule has 6 nitrogen and oxygen atoms in total. The molecule has 0 aromatic heterocycles. The minimum absolute atomic E-state index is 0.0875. The fraction of sp³-hybridized carbons (Fsp3) is 0.231. The summed E-state index contributed by atoms with van der Waals surface area (Å²) >= 11 is 0. The highest BCUT2D eigenvalue weighted by Gasteiger charge is 2.55. The van der Waals surface area contributed by atoms with Gasteiger partial charge in [-0.25, -0.2) is 4.39 Å². The Kier molecular flexibility index (Phi) is 5.34. The lowest BCUT2D eigenvalue weighted by molar-refractivity contribution is -0.0246. The maximum Gasteiger partial charge on any atom is 0.258 e. The van der Waals surface area contributed by atoms with Crippen LogP contribution in [0.5, 0.6) is 5.75 Å². The van der Waals surface area contributed by atoms with Crippen LogP contribution in [-0.4, -0.2) is 54.2 Å². The van der Waals surface area contributed by atoms with Crippen LogP contribution in [0.25, 0.3) is 0 Å². The largest absolute Gasteiger partial charge is 0.497 e. The number of hydrogen-bond donors (Lipinski definition) is 1. The van der Waals surface area contributed by atoms with Gasteiger partial charge in [-0.1, -0.05) is 18.2 Å². The number of aliphatic hydroxyl groups excluding tert-OH is 1. The van der Waals surface area contributed by atoms with E-state index in [0.717, 1.165) is 11.3 Å². The second-order valence-electron chi connectivity index (χ2n) is 8.27. The smallest absolute Gasteiger partial charge is 0.258 e. The van der Waals surface area contributed by atoms with Gasteiger partial charge < -0.3 is 19.6 Å². The van der Waals surface area contributed by atoms with E-state index in [-0.39, 0.29) is 30.4 Å². The number of fused-ring (bicyclic) bond motifs is 3. The van der Waals surface area contributed by atoms with Gasteiger partial charge in [0.1, 0.15) is 11.6 Å². The van der Waals surface area contributed by atoms with Crippen molar-refractivity contribution in [3.8, 4) is 5.75 Å². The Morgan fingerprint density at radius 2 is 1.61 bits per heavy atom. The predicted molar refractivity (Wildman–Crippen MR) is 121 cm³/mol. The summed E-state index contributed by atoms with van der Waals surface area (Å²) in [6, 6.07) is 19.2. The molecule has 5 rings (SSSR count). The molecule has 0 unspecified atom stereocenters. The van der Waals surface area contributed by atoms with E-state index in [2.05, 4.69) is 0 Å². The molecule has 168 valence electrons. The molecule has 0 bridgehead atoms. The molecule has 0 spiro atoms. The maximum atomic E-state index is 13.5. The molecular formula is C26H23FN2O4. The van der Waals surface area contributed by atoms with Crippen LogP contribution in [0.4, 0.5) is 10.1 Å². The summed E-state index contributed by atoms with van der Waals surface area (Å²) in [4.78, 5) is 30.0. The lowest BCUT2D eigenvalue weighted by atomic mass is 9.71. The van der Waals surface area contributed by atoms with Gasteiger partial charge in [0.25, 0.3) is 11.8 Å². The number of benzene rings is 3. The minimum atomic E-state index is -0.422. The van der Waals surface area contributed by atoms with Gasteiger partial charge in [-0.2, -0.15) is 0 Å². The summed E-state index contributed by atoms with van der Waals surface area (Å²) in [6.45, 7) is 0.102. The molecule has 0 saturated carbocycles. The first-order valence-corrected chi connectivity index (χ1v) is 10.8. The summed E-state index contributed by atoms with van der Waals surface area (Å²) in [6.07, 6.45) is 0. The van der Waals surface area contributed by atoms with E-state index in [0.29, 0.717) is 23.4 Å². The molecular weight excluding hydrogens is 423 g/mol. The van der Waals surface area contributed by atoms with Gasteiger partial charge in [0.05, 0.1) is 25.8 Å². The number of halogens is 1. The van der Waals surface area contributed by atoms with Crippen molar-refractivity contribution in [1.29, 1.82) is 0 Å². The second kappa shape index (κ2) is 8.33. The summed E-state index contributed by atoms with van der Waals surface area (Å²) in [5.74, 6) is -0.312. The SMILES string of the molecule is COc1ccc(C(=O)N2C[C@H]3[C@@H](c4ccccc42)[C@H](CO)N3C(=O)c2ccc(F)cc2)cc1. The molecule has 1 fully saturated rings. The van der Waals surface area contributed by atoms with Crippen LogP contribution in [0.1, 0.15) is 32.2 Å². The highest BCUT2D eigenvalue weighted by atomic mass is 19.1. The molecule has 2 aliphatic heterocycles. The van der Waals surface area contributed by atoms with Crippen molar-refractivity contribution < 1.29 is 23.8 Å². The van der Waals surface area contributed by atoms with E-state index >= 15 is 0 Å². The zero-order valence-corrected chi connectivity index (χ0v) is 18.0. The fourth-order valence-corrected chi connectivity index (χ4v) is 4.99. The number of nitrogens with zero attached hydrogens (tertiary/aromatic N) is 2. The molecule has 33 heavy (non-hydrogen) atoms. The van der Waals surface area contributed by atoms with Gasteiger partial charge in [0.2, 0.25) is 0 Å². The highest BCUT2D eigenvalue weighted by Crippen LogP contribution is 2.48. The zero-order valence-electron chi connectivity index (χ0n) is 18.0. The number of para-hydroxylation sites is 1. The quantitative estimate of drug-likeness (QED) is 0.667. The van der Waals surface area contributed by atoms with Crippen molar-refractivity contribution in [2.75, 3.05) is 25.2 Å². The van der Waals surface area contributed by atoms with Crippen molar-refractivity contribution in [3.63, 3.8) is 0 Å². The number of amides is 2. The number of hydrogen-bond acceptors (Lipinski definition) is 4. The fourth-order valence-electron chi connectivity index (χ4n) is 4.99. The van der Waals surface area contributed by atoms with E-state index in [4.69, 9.17) is 4.74 Å². The third kappa shape index (κ3) is 3.45. The summed E-state index contributed by atoms with van der Waals surface area (Å²) < 4.78 is 18.5. The molecule has 1 N–H and O–H groups in total. The van der Waals surface area contributed by atoms with Gasteiger partial charge in [0, 0.05) is 29.3 Å². The molecule has 1 saturated heterocycles. The summed E-state index contributed by atoms with van der Waals surface area (Å²) in [5, 5.41) is 10.1. The Balaban J connectivity index is 1.50. The maximum absolute atomic E-state index is 13.5. The van der Waals surface area contributed by atoms with E-state index in [9.17, 15) is 19.1 Å². The van der Waals surface area contributed by atoms with Gasteiger partial charge in [-0.15, -0.1) is 0 Å². The predicted octanol–water partition coefficient (Wildman–Crippen LogP) is 3.46. The number of methoxy groups -OCH3 is 1. The molecule has 3 aromatic carbocycles. The molecule has 7 heteroatoms. The standard InChI is InChI=1S/C26H23FN2O4/c1-33-19-12-8-16(9-13-19)25(31)28-14-22-24(20-4-2-3-5-21(20)28)23(15-30)29(22)26(32)17-6-10-18(27)11-7-17/h2-13,22-24,30H,14-15H2,1H3/t22-,23-,24+/m0/s1. The van der Waals surface area contributed by atoms with Crippen LogP contribution in [0, 0.1) is 5.82 Å². The monoisotopic (exact) mass is 446 g/mol. The first-order chi connectivity index (χ1) is 16.0. The normalized spacial score (nSPS) is 21.0. The minimum Gasteiger partial charge on any atom is -0.497 e. The van der Waals surface area contributed by atoms with Gasteiger partial charge >= 0.3 is 0 Å². The van der Waals surface area contributed by atoms with E-state index in [1.54, 1.807) is 41.2 Å². The van der Waals surface area contributed by atoms with Crippen LogP contribution in [0.3, 0.4) is 0 Å². The molecule has 2 heterocycles. The van der Waals surface area contributed by atoms with Gasteiger partial charge in [-0.05, 0) is 60.2 Å². The lowest BCUT2D eigenvalue weighted by Crippen LogP contribution is -2.70. The summed E-state index contributed by atoms with van der Waals surface area (Å²) in [7, 11) is 1.57. The van der Waals surface area contributed by atoms with Crippen molar-refractivity contribution in [2.24, 2.45) is 0 Å². The summed E-state index contributed by atoms with van der Waals surface area (Å²) in [5.41, 5.74) is 2.57. The number of anilines is 1. The van der Waals surface area contributed by atoms with Crippen molar-refractivity contribution in [3.05, 3.63) is 95.3 Å². The molecule has 2 amide bonds. The van der Waals surface area contributed by atoms with E-state index in [1.807, 2.05) is 24.3 Å². The van der Waals surface area contributed by atoms with Crippen molar-refractivity contribution in [2.45, 2.75) is 18.0 Å². The Morgan fingerprint density at radius 1 is 0.970 bits per heavy atom. The van der Waals surface area contributed by atoms with Crippen molar-refractivity contribution >= 4 is 17.5 Å². The molecule has 0 aliphatic carbocycles. The Labute approximate surface area is 190 Å². The zero-order chi connectivity index (χ0) is 23.1. The third-order valence-electron chi connectivity index (χ3n) is 6.59. The number of carbonyl (C=O) groups is 2. The van der Waals surface area contributed by atoms with E-state index < -0.39 is 11.9 Å². The third-order valence-corrected chi connectivity index (χ3v) is 6.59. The average molecular weight is 446 g/mol. The number of rotatable bonds is 4. The number of carbonyl (C=O) groups excluding carboxylic acids is 2. The second-order valence-corrected chi connectivity index (χ2v) is 8.27. The van der Waals surface area contributed by atoms with Crippen LogP contribution in [-0.2, 0) is 0 Å².